The Hall–Kier alpha value is -1.49. The first-order valence-corrected chi connectivity index (χ1v) is 6.15. The van der Waals surface area contributed by atoms with Crippen LogP contribution in [-0.4, -0.2) is 23.2 Å². The van der Waals surface area contributed by atoms with Gasteiger partial charge in [-0.1, -0.05) is 19.9 Å². The van der Waals surface area contributed by atoms with Crippen LogP contribution in [0.5, 0.6) is 0 Å². The minimum absolute atomic E-state index is 0.0182. The van der Waals surface area contributed by atoms with Crippen LogP contribution in [0.15, 0.2) is 18.2 Å². The first kappa shape index (κ1) is 15.6. The standard InChI is InChI=1S/C14H19F2NO2/c1-9(2)14(3,19)8-17-13(18)6-10-4-5-11(15)7-12(10)16/h4-5,7,9,19H,6,8H2,1-3H3,(H,17,18). The van der Waals surface area contributed by atoms with Crippen molar-refractivity contribution in [3.05, 3.63) is 35.4 Å². The third-order valence-electron chi connectivity index (χ3n) is 3.25. The van der Waals surface area contributed by atoms with Gasteiger partial charge in [-0.05, 0) is 24.5 Å². The van der Waals surface area contributed by atoms with Gasteiger partial charge in [-0.25, -0.2) is 8.78 Å². The maximum absolute atomic E-state index is 13.3. The highest BCUT2D eigenvalue weighted by molar-refractivity contribution is 5.78. The molecule has 0 spiro atoms. The lowest BCUT2D eigenvalue weighted by Crippen LogP contribution is -2.44. The van der Waals surface area contributed by atoms with E-state index in [-0.39, 0.29) is 24.4 Å². The van der Waals surface area contributed by atoms with Gasteiger partial charge in [0.2, 0.25) is 5.91 Å². The van der Waals surface area contributed by atoms with E-state index in [1.54, 1.807) is 6.92 Å². The smallest absolute Gasteiger partial charge is 0.224 e. The second-order valence-electron chi connectivity index (χ2n) is 5.20. The van der Waals surface area contributed by atoms with Crippen molar-refractivity contribution in [3.8, 4) is 0 Å². The SMILES string of the molecule is CC(C)C(C)(O)CNC(=O)Cc1ccc(F)cc1F. The number of rotatable bonds is 5. The van der Waals surface area contributed by atoms with Gasteiger partial charge in [-0.15, -0.1) is 0 Å². The monoisotopic (exact) mass is 271 g/mol. The molecule has 0 aliphatic carbocycles. The third-order valence-corrected chi connectivity index (χ3v) is 3.25. The van der Waals surface area contributed by atoms with E-state index < -0.39 is 23.1 Å². The zero-order valence-corrected chi connectivity index (χ0v) is 11.3. The summed E-state index contributed by atoms with van der Waals surface area (Å²) in [5.41, 5.74) is -0.889. The van der Waals surface area contributed by atoms with E-state index in [0.29, 0.717) is 0 Å². The van der Waals surface area contributed by atoms with Crippen molar-refractivity contribution in [2.75, 3.05) is 6.54 Å². The lowest BCUT2D eigenvalue weighted by molar-refractivity contribution is -0.122. The maximum Gasteiger partial charge on any atom is 0.224 e. The number of hydrogen-bond acceptors (Lipinski definition) is 2. The fourth-order valence-electron chi connectivity index (χ4n) is 1.38. The number of nitrogens with one attached hydrogen (secondary N) is 1. The van der Waals surface area contributed by atoms with Gasteiger partial charge in [0.1, 0.15) is 11.6 Å². The van der Waals surface area contributed by atoms with Gasteiger partial charge in [0, 0.05) is 12.6 Å². The lowest BCUT2D eigenvalue weighted by Gasteiger charge is -2.27. The van der Waals surface area contributed by atoms with Crippen LogP contribution in [0.25, 0.3) is 0 Å². The van der Waals surface area contributed by atoms with Crippen LogP contribution < -0.4 is 5.32 Å². The van der Waals surface area contributed by atoms with E-state index in [1.807, 2.05) is 13.8 Å². The van der Waals surface area contributed by atoms with Gasteiger partial charge in [0.25, 0.3) is 0 Å². The molecule has 5 heteroatoms. The van der Waals surface area contributed by atoms with E-state index >= 15 is 0 Å². The molecule has 1 amide bonds. The van der Waals surface area contributed by atoms with Crippen LogP contribution >= 0.6 is 0 Å². The first-order chi connectivity index (χ1) is 8.72. The number of aliphatic hydroxyl groups is 1. The predicted octanol–water partition coefficient (Wildman–Crippen LogP) is 2.03. The van der Waals surface area contributed by atoms with Crippen LogP contribution in [0.2, 0.25) is 0 Å². The van der Waals surface area contributed by atoms with E-state index in [1.165, 1.54) is 6.07 Å². The Labute approximate surface area is 111 Å². The lowest BCUT2D eigenvalue weighted by atomic mass is 9.92. The summed E-state index contributed by atoms with van der Waals surface area (Å²) in [4.78, 5) is 11.6. The summed E-state index contributed by atoms with van der Waals surface area (Å²) in [5.74, 6) is -1.85. The molecule has 2 N–H and O–H groups in total. The van der Waals surface area contributed by atoms with Crippen molar-refractivity contribution in [2.45, 2.75) is 32.8 Å². The molecule has 19 heavy (non-hydrogen) atoms. The number of benzene rings is 1. The Morgan fingerprint density at radius 3 is 2.58 bits per heavy atom. The van der Waals surface area contributed by atoms with Crippen LogP contribution in [-0.2, 0) is 11.2 Å². The fraction of sp³-hybridized carbons (Fsp3) is 0.500. The summed E-state index contributed by atoms with van der Waals surface area (Å²) in [5, 5.41) is 12.5. The summed E-state index contributed by atoms with van der Waals surface area (Å²) >= 11 is 0. The van der Waals surface area contributed by atoms with Crippen molar-refractivity contribution in [3.63, 3.8) is 0 Å². The number of amides is 1. The van der Waals surface area contributed by atoms with Crippen molar-refractivity contribution in [1.82, 2.24) is 5.32 Å². The van der Waals surface area contributed by atoms with Gasteiger partial charge >= 0.3 is 0 Å². The minimum Gasteiger partial charge on any atom is -0.388 e. The van der Waals surface area contributed by atoms with Crippen molar-refractivity contribution >= 4 is 5.91 Å². The number of halogens is 2. The number of carbonyl (C=O) groups is 1. The molecule has 0 aliphatic rings. The Kier molecular flexibility index (Phi) is 5.00. The number of hydrogen-bond donors (Lipinski definition) is 2. The summed E-state index contributed by atoms with van der Waals surface area (Å²) < 4.78 is 26.0. The van der Waals surface area contributed by atoms with E-state index in [2.05, 4.69) is 5.32 Å². The maximum atomic E-state index is 13.3. The molecule has 1 aromatic carbocycles. The molecule has 0 radical (unpaired) electrons. The van der Waals surface area contributed by atoms with Gasteiger partial charge in [0.05, 0.1) is 12.0 Å². The van der Waals surface area contributed by atoms with Gasteiger partial charge in [-0.2, -0.15) is 0 Å². The molecule has 1 atom stereocenters. The van der Waals surface area contributed by atoms with Gasteiger partial charge in [-0.3, -0.25) is 4.79 Å². The molecule has 106 valence electrons. The van der Waals surface area contributed by atoms with Crippen LogP contribution in [0.4, 0.5) is 8.78 Å². The van der Waals surface area contributed by atoms with Crippen molar-refractivity contribution in [2.24, 2.45) is 5.92 Å². The predicted molar refractivity (Wildman–Crippen MR) is 68.5 cm³/mol. The molecular weight excluding hydrogens is 252 g/mol. The highest BCUT2D eigenvalue weighted by Crippen LogP contribution is 2.15. The minimum atomic E-state index is -1.02. The first-order valence-electron chi connectivity index (χ1n) is 6.15. The molecule has 0 aromatic heterocycles. The topological polar surface area (TPSA) is 49.3 Å². The normalized spacial score (nSPS) is 14.3. The molecule has 0 aliphatic heterocycles. The van der Waals surface area contributed by atoms with Crippen molar-refractivity contribution < 1.29 is 18.7 Å². The molecule has 0 saturated heterocycles. The summed E-state index contributed by atoms with van der Waals surface area (Å²) in [7, 11) is 0. The Morgan fingerprint density at radius 2 is 2.05 bits per heavy atom. The largest absolute Gasteiger partial charge is 0.388 e. The Morgan fingerprint density at radius 1 is 1.42 bits per heavy atom. The van der Waals surface area contributed by atoms with Crippen molar-refractivity contribution in [1.29, 1.82) is 0 Å². The Bertz CT molecular complexity index is 459. The molecule has 1 unspecified atom stereocenters. The molecule has 0 bridgehead atoms. The highest BCUT2D eigenvalue weighted by atomic mass is 19.1. The van der Waals surface area contributed by atoms with Crippen LogP contribution in [0.3, 0.4) is 0 Å². The highest BCUT2D eigenvalue weighted by Gasteiger charge is 2.25. The molecule has 0 heterocycles. The summed E-state index contributed by atoms with van der Waals surface area (Å²) in [6.45, 7) is 5.39. The molecule has 0 saturated carbocycles. The molecule has 1 aromatic rings. The molecule has 0 fully saturated rings. The van der Waals surface area contributed by atoms with E-state index in [9.17, 15) is 18.7 Å². The second kappa shape index (κ2) is 6.10. The molecule has 3 nitrogen and oxygen atoms in total. The third kappa shape index (κ3) is 4.59. The molecule has 1 rings (SSSR count). The number of carbonyl (C=O) groups excluding carboxylic acids is 1. The molecular formula is C14H19F2NO2. The van der Waals surface area contributed by atoms with Crippen LogP contribution in [0, 0.1) is 17.6 Å². The van der Waals surface area contributed by atoms with Gasteiger partial charge in [0.15, 0.2) is 0 Å². The second-order valence-corrected chi connectivity index (χ2v) is 5.20. The Balaban J connectivity index is 2.57. The fourth-order valence-corrected chi connectivity index (χ4v) is 1.38. The summed E-state index contributed by atoms with van der Waals surface area (Å²) in [6.07, 6.45) is -0.180. The summed E-state index contributed by atoms with van der Waals surface area (Å²) in [6, 6.07) is 3.09. The van der Waals surface area contributed by atoms with Gasteiger partial charge < -0.3 is 10.4 Å². The zero-order chi connectivity index (χ0) is 14.6. The quantitative estimate of drug-likeness (QED) is 0.861. The van der Waals surface area contributed by atoms with E-state index in [0.717, 1.165) is 12.1 Å². The van der Waals surface area contributed by atoms with Crippen LogP contribution in [0.1, 0.15) is 26.3 Å². The average molecular weight is 271 g/mol. The zero-order valence-electron chi connectivity index (χ0n) is 11.3. The van der Waals surface area contributed by atoms with E-state index in [4.69, 9.17) is 0 Å². The average Bonchev–Trinajstić information content (AvgIpc) is 2.30.